The van der Waals surface area contributed by atoms with Crippen LogP contribution in [0.2, 0.25) is 0 Å². The Hall–Kier alpha value is -3.36. The van der Waals surface area contributed by atoms with Crippen LogP contribution in [-0.4, -0.2) is 15.7 Å². The smallest absolute Gasteiger partial charge is 0.251 e. The van der Waals surface area contributed by atoms with Gasteiger partial charge in [-0.3, -0.25) is 9.48 Å². The minimum absolute atomic E-state index is 0.110. The lowest BCUT2D eigenvalue weighted by Gasteiger charge is -2.14. The number of ether oxygens (including phenoxy) is 1. The van der Waals surface area contributed by atoms with Crippen LogP contribution in [0, 0.1) is 30.2 Å². The van der Waals surface area contributed by atoms with E-state index in [2.05, 4.69) is 10.4 Å². The van der Waals surface area contributed by atoms with Crippen molar-refractivity contribution in [3.05, 3.63) is 82.2 Å². The molecule has 0 spiro atoms. The molecule has 0 bridgehead atoms. The molecule has 2 aromatic carbocycles. The Morgan fingerprint density at radius 1 is 1.13 bits per heavy atom. The van der Waals surface area contributed by atoms with E-state index >= 15 is 0 Å². The number of aryl methyl sites for hydroxylation is 1. The number of nitrogens with zero attached hydrogens (tertiary/aromatic N) is 2. The molecule has 0 fully saturated rings. The molecule has 3 rings (SSSR count). The van der Waals surface area contributed by atoms with Crippen LogP contribution in [0.5, 0.6) is 5.75 Å². The van der Waals surface area contributed by atoms with Gasteiger partial charge in [-0.25, -0.2) is 8.78 Å². The van der Waals surface area contributed by atoms with Crippen molar-refractivity contribution in [2.75, 3.05) is 0 Å². The van der Waals surface area contributed by atoms with Crippen LogP contribution in [0.3, 0.4) is 0 Å². The van der Waals surface area contributed by atoms with Gasteiger partial charge in [-0.15, -0.1) is 0 Å². The summed E-state index contributed by atoms with van der Waals surface area (Å²) in [5, 5.41) is 7.01. The van der Waals surface area contributed by atoms with E-state index < -0.39 is 29.0 Å². The first kappa shape index (κ1) is 21.4. The van der Waals surface area contributed by atoms with Gasteiger partial charge in [-0.2, -0.15) is 13.9 Å². The van der Waals surface area contributed by atoms with Crippen LogP contribution in [-0.2, 0) is 13.7 Å². The Balaban J connectivity index is 1.65. The van der Waals surface area contributed by atoms with Gasteiger partial charge in [-0.1, -0.05) is 12.1 Å². The maximum absolute atomic E-state index is 13.6. The van der Waals surface area contributed by atoms with Gasteiger partial charge in [0.1, 0.15) is 6.61 Å². The highest BCUT2D eigenvalue weighted by atomic mass is 19.2. The number of benzene rings is 2. The molecule has 5 nitrogen and oxygen atoms in total. The second kappa shape index (κ2) is 8.56. The SMILES string of the molecule is Cc1c(C(C)NC(=O)c2ccc(COc3c(F)c(F)cc(F)c3F)cc2)cnn1C. The average Bonchev–Trinajstić information content (AvgIpc) is 3.05. The lowest BCUT2D eigenvalue weighted by molar-refractivity contribution is 0.0939. The first-order valence-electron chi connectivity index (χ1n) is 9.03. The van der Waals surface area contributed by atoms with Gasteiger partial charge >= 0.3 is 0 Å². The van der Waals surface area contributed by atoms with Crippen LogP contribution in [0.15, 0.2) is 36.5 Å². The van der Waals surface area contributed by atoms with Gasteiger partial charge in [0.25, 0.3) is 5.91 Å². The minimum Gasteiger partial charge on any atom is -0.483 e. The molecule has 0 saturated heterocycles. The van der Waals surface area contributed by atoms with Gasteiger partial charge in [-0.05, 0) is 31.5 Å². The first-order valence-corrected chi connectivity index (χ1v) is 9.03. The van der Waals surface area contributed by atoms with Crippen LogP contribution in [0.25, 0.3) is 0 Å². The highest BCUT2D eigenvalue weighted by Crippen LogP contribution is 2.27. The number of rotatable bonds is 6. The second-order valence-electron chi connectivity index (χ2n) is 6.79. The maximum Gasteiger partial charge on any atom is 0.251 e. The third-order valence-corrected chi connectivity index (χ3v) is 4.76. The molecule has 1 heterocycles. The van der Waals surface area contributed by atoms with Crippen molar-refractivity contribution in [3.63, 3.8) is 0 Å². The Morgan fingerprint density at radius 2 is 1.73 bits per heavy atom. The zero-order valence-electron chi connectivity index (χ0n) is 16.5. The summed E-state index contributed by atoms with van der Waals surface area (Å²) in [5.41, 5.74) is 2.64. The van der Waals surface area contributed by atoms with Crippen molar-refractivity contribution in [3.8, 4) is 5.75 Å². The summed E-state index contributed by atoms with van der Waals surface area (Å²) in [5.74, 6) is -7.76. The molecule has 0 aliphatic heterocycles. The van der Waals surface area contributed by atoms with E-state index in [0.717, 1.165) is 11.3 Å². The number of hydrogen-bond acceptors (Lipinski definition) is 3. The summed E-state index contributed by atoms with van der Waals surface area (Å²) < 4.78 is 60.4. The van der Waals surface area contributed by atoms with E-state index in [0.29, 0.717) is 11.1 Å². The Labute approximate surface area is 170 Å². The van der Waals surface area contributed by atoms with Gasteiger partial charge in [0, 0.05) is 29.9 Å². The van der Waals surface area contributed by atoms with Crippen molar-refractivity contribution in [2.24, 2.45) is 7.05 Å². The van der Waals surface area contributed by atoms with E-state index in [9.17, 15) is 22.4 Å². The summed E-state index contributed by atoms with van der Waals surface area (Å²) in [7, 11) is 1.81. The number of carbonyl (C=O) groups excluding carboxylic acids is 1. The quantitative estimate of drug-likeness (QED) is 0.476. The third-order valence-electron chi connectivity index (χ3n) is 4.76. The topological polar surface area (TPSA) is 56.1 Å². The van der Waals surface area contributed by atoms with Gasteiger partial charge in [0.2, 0.25) is 11.6 Å². The van der Waals surface area contributed by atoms with Crippen LogP contribution >= 0.6 is 0 Å². The number of halogens is 4. The molecule has 1 aromatic heterocycles. The minimum atomic E-state index is -1.61. The molecule has 1 atom stereocenters. The predicted octanol–water partition coefficient (Wildman–Crippen LogP) is 4.35. The molecule has 158 valence electrons. The fraction of sp³-hybridized carbons (Fsp3) is 0.238. The van der Waals surface area contributed by atoms with Crippen molar-refractivity contribution >= 4 is 5.91 Å². The fourth-order valence-corrected chi connectivity index (χ4v) is 2.88. The fourth-order valence-electron chi connectivity index (χ4n) is 2.88. The van der Waals surface area contributed by atoms with Crippen molar-refractivity contribution in [1.29, 1.82) is 0 Å². The van der Waals surface area contributed by atoms with E-state index in [1.54, 1.807) is 10.9 Å². The molecule has 9 heteroatoms. The van der Waals surface area contributed by atoms with E-state index in [4.69, 9.17) is 4.74 Å². The molecule has 0 aliphatic rings. The number of hydrogen-bond donors (Lipinski definition) is 1. The highest BCUT2D eigenvalue weighted by molar-refractivity contribution is 5.94. The highest BCUT2D eigenvalue weighted by Gasteiger charge is 2.21. The molecule has 3 aromatic rings. The van der Waals surface area contributed by atoms with E-state index in [-0.39, 0.29) is 24.6 Å². The molecular formula is C21H19F4N3O2. The molecular weight excluding hydrogens is 402 g/mol. The molecule has 0 radical (unpaired) electrons. The standard InChI is InChI=1S/C21H19F4N3O2/c1-11(15-9-26-28(3)12(15)2)27-21(29)14-6-4-13(5-7-14)10-30-20-18(24)16(22)8-17(23)19(20)25/h4-9,11H,10H2,1-3H3,(H,27,29). The monoisotopic (exact) mass is 421 g/mol. The van der Waals surface area contributed by atoms with Gasteiger partial charge < -0.3 is 10.1 Å². The van der Waals surface area contributed by atoms with Crippen molar-refractivity contribution in [2.45, 2.75) is 26.5 Å². The zero-order chi connectivity index (χ0) is 22.0. The van der Waals surface area contributed by atoms with E-state index in [1.165, 1.54) is 24.3 Å². The molecule has 1 unspecified atom stereocenters. The normalized spacial score (nSPS) is 12.0. The lowest BCUT2D eigenvalue weighted by atomic mass is 10.1. The maximum atomic E-state index is 13.6. The van der Waals surface area contributed by atoms with E-state index in [1.807, 2.05) is 20.9 Å². The van der Waals surface area contributed by atoms with Crippen molar-refractivity contribution in [1.82, 2.24) is 15.1 Å². The number of carbonyl (C=O) groups is 1. The first-order chi connectivity index (χ1) is 14.2. The van der Waals surface area contributed by atoms with Gasteiger partial charge in [0.15, 0.2) is 17.4 Å². The second-order valence-corrected chi connectivity index (χ2v) is 6.79. The Bertz CT molecular complexity index is 1050. The van der Waals surface area contributed by atoms with Crippen LogP contribution in [0.1, 0.15) is 40.1 Å². The Morgan fingerprint density at radius 3 is 2.27 bits per heavy atom. The Kier molecular flexibility index (Phi) is 6.09. The molecule has 0 aliphatic carbocycles. The summed E-state index contributed by atoms with van der Waals surface area (Å²) in [6, 6.07) is 5.90. The largest absolute Gasteiger partial charge is 0.483 e. The summed E-state index contributed by atoms with van der Waals surface area (Å²) in [6.07, 6.45) is 1.69. The summed E-state index contributed by atoms with van der Waals surface area (Å²) in [6.45, 7) is 3.39. The van der Waals surface area contributed by atoms with Crippen LogP contribution < -0.4 is 10.1 Å². The number of amides is 1. The predicted molar refractivity (Wildman–Crippen MR) is 101 cm³/mol. The average molecular weight is 421 g/mol. The lowest BCUT2D eigenvalue weighted by Crippen LogP contribution is -2.26. The molecule has 1 N–H and O–H groups in total. The zero-order valence-corrected chi connectivity index (χ0v) is 16.5. The van der Waals surface area contributed by atoms with Gasteiger partial charge in [0.05, 0.1) is 12.2 Å². The summed E-state index contributed by atoms with van der Waals surface area (Å²) in [4.78, 5) is 12.4. The van der Waals surface area contributed by atoms with Crippen molar-refractivity contribution < 1.29 is 27.1 Å². The number of nitrogens with one attached hydrogen (secondary N) is 1. The summed E-state index contributed by atoms with van der Waals surface area (Å²) >= 11 is 0. The molecule has 30 heavy (non-hydrogen) atoms. The van der Waals surface area contributed by atoms with Crippen LogP contribution in [0.4, 0.5) is 17.6 Å². The molecule has 0 saturated carbocycles. The molecule has 1 amide bonds. The number of aromatic nitrogens is 2. The third kappa shape index (κ3) is 4.29.